The van der Waals surface area contributed by atoms with Crippen molar-refractivity contribution >= 4 is 22.7 Å². The fraction of sp³-hybridized carbons (Fsp3) is 0.143. The molecule has 1 aromatic carbocycles. The third kappa shape index (κ3) is 2.18. The van der Waals surface area contributed by atoms with Gasteiger partial charge in [-0.15, -0.1) is 0 Å². The van der Waals surface area contributed by atoms with E-state index >= 15 is 0 Å². The third-order valence-electron chi connectivity index (χ3n) is 1.39. The van der Waals surface area contributed by atoms with Gasteiger partial charge in [0.2, 0.25) is 0 Å². The van der Waals surface area contributed by atoms with E-state index in [9.17, 15) is 13.2 Å². The highest BCUT2D eigenvalue weighted by Gasteiger charge is 2.08. The largest absolute Gasteiger partial charge is 0.768 e. The Morgan fingerprint density at radius 2 is 2.23 bits per heavy atom. The fourth-order valence-corrected chi connectivity index (χ4v) is 1.44. The Balaban J connectivity index is 3.30. The van der Waals surface area contributed by atoms with E-state index < -0.39 is 21.8 Å². The van der Waals surface area contributed by atoms with Crippen LogP contribution in [0.4, 0.5) is 4.39 Å². The van der Waals surface area contributed by atoms with E-state index in [2.05, 4.69) is 0 Å². The van der Waals surface area contributed by atoms with E-state index in [1.807, 2.05) is 0 Å². The summed E-state index contributed by atoms with van der Waals surface area (Å²) in [7, 11) is 1.32. The smallest absolute Gasteiger partial charge is 0.139 e. The Bertz CT molecular complexity index is 356. The van der Waals surface area contributed by atoms with Gasteiger partial charge in [0.25, 0.3) is 0 Å². The second kappa shape index (κ2) is 4.04. The zero-order chi connectivity index (χ0) is 10.0. The van der Waals surface area contributed by atoms with Gasteiger partial charge in [0, 0.05) is 0 Å². The van der Waals surface area contributed by atoms with Crippen LogP contribution in [0.1, 0.15) is 0 Å². The minimum atomic E-state index is -2.62. The zero-order valence-electron chi connectivity index (χ0n) is 6.54. The number of hydrogen-bond acceptors (Lipinski definition) is 3. The van der Waals surface area contributed by atoms with Gasteiger partial charge in [-0.25, -0.2) is 4.39 Å². The van der Waals surface area contributed by atoms with Crippen molar-refractivity contribution in [2.45, 2.75) is 4.90 Å². The van der Waals surface area contributed by atoms with Crippen LogP contribution in [-0.2, 0) is 11.1 Å². The maximum atomic E-state index is 12.9. The van der Waals surface area contributed by atoms with Crippen molar-refractivity contribution in [1.82, 2.24) is 0 Å². The molecule has 0 aromatic heterocycles. The molecular formula is C7H5ClFO3S-. The molecular weight excluding hydrogens is 219 g/mol. The van der Waals surface area contributed by atoms with E-state index in [0.717, 1.165) is 12.1 Å². The molecule has 0 aliphatic carbocycles. The average Bonchev–Trinajstić information content (AvgIpc) is 2.03. The SMILES string of the molecule is COc1cc(S(=O)[O-])c(F)cc1Cl. The molecule has 0 heterocycles. The predicted molar refractivity (Wildman–Crippen MR) is 45.1 cm³/mol. The molecule has 0 saturated heterocycles. The van der Waals surface area contributed by atoms with Crippen LogP contribution in [0.25, 0.3) is 0 Å². The van der Waals surface area contributed by atoms with Gasteiger partial charge in [-0.3, -0.25) is 4.21 Å². The third-order valence-corrected chi connectivity index (χ3v) is 2.35. The average molecular weight is 224 g/mol. The van der Waals surface area contributed by atoms with Crippen molar-refractivity contribution in [2.75, 3.05) is 7.11 Å². The van der Waals surface area contributed by atoms with Crippen LogP contribution in [0.15, 0.2) is 17.0 Å². The predicted octanol–water partition coefficient (Wildman–Crippen LogP) is 1.73. The van der Waals surface area contributed by atoms with Crippen molar-refractivity contribution in [3.05, 3.63) is 23.0 Å². The lowest BCUT2D eigenvalue weighted by Crippen LogP contribution is -1.95. The molecule has 0 radical (unpaired) electrons. The molecule has 1 unspecified atom stereocenters. The Morgan fingerprint density at radius 1 is 1.62 bits per heavy atom. The van der Waals surface area contributed by atoms with Crippen molar-refractivity contribution in [3.8, 4) is 5.75 Å². The van der Waals surface area contributed by atoms with E-state index in [1.54, 1.807) is 0 Å². The van der Waals surface area contributed by atoms with Crippen LogP contribution in [-0.4, -0.2) is 15.9 Å². The molecule has 13 heavy (non-hydrogen) atoms. The number of halogens is 2. The van der Waals surface area contributed by atoms with Gasteiger partial charge < -0.3 is 9.29 Å². The molecule has 0 aliphatic rings. The summed E-state index contributed by atoms with van der Waals surface area (Å²) in [6.07, 6.45) is 0. The highest BCUT2D eigenvalue weighted by atomic mass is 35.5. The minimum absolute atomic E-state index is 0.0363. The van der Waals surface area contributed by atoms with Gasteiger partial charge in [0.05, 0.1) is 17.0 Å². The second-order valence-electron chi connectivity index (χ2n) is 2.15. The first kappa shape index (κ1) is 10.4. The molecule has 1 atom stereocenters. The molecule has 1 aromatic rings. The van der Waals surface area contributed by atoms with Crippen LogP contribution in [0, 0.1) is 5.82 Å². The number of rotatable bonds is 2. The summed E-state index contributed by atoms with van der Waals surface area (Å²) < 4.78 is 38.5. The topological polar surface area (TPSA) is 49.4 Å². The lowest BCUT2D eigenvalue weighted by atomic mass is 10.3. The van der Waals surface area contributed by atoms with E-state index in [4.69, 9.17) is 16.3 Å². The zero-order valence-corrected chi connectivity index (χ0v) is 8.12. The monoisotopic (exact) mass is 223 g/mol. The van der Waals surface area contributed by atoms with Gasteiger partial charge in [0.1, 0.15) is 11.6 Å². The molecule has 72 valence electrons. The molecule has 3 nitrogen and oxygen atoms in total. The van der Waals surface area contributed by atoms with Crippen LogP contribution in [0.5, 0.6) is 5.75 Å². The van der Waals surface area contributed by atoms with Gasteiger partial charge in [-0.05, 0) is 23.2 Å². The molecule has 0 fully saturated rings. The number of benzene rings is 1. The molecule has 0 aliphatic heterocycles. The van der Waals surface area contributed by atoms with Gasteiger partial charge >= 0.3 is 0 Å². The molecule has 0 amide bonds. The van der Waals surface area contributed by atoms with Crippen LogP contribution in [0.3, 0.4) is 0 Å². The number of hydrogen-bond donors (Lipinski definition) is 0. The normalized spacial score (nSPS) is 12.6. The Labute approximate surface area is 81.8 Å². The van der Waals surface area contributed by atoms with Crippen LogP contribution in [0.2, 0.25) is 5.02 Å². The summed E-state index contributed by atoms with van der Waals surface area (Å²) in [6, 6.07) is 1.92. The molecule has 6 heteroatoms. The quantitative estimate of drug-likeness (QED) is 0.718. The summed E-state index contributed by atoms with van der Waals surface area (Å²) in [4.78, 5) is -0.457. The van der Waals surface area contributed by atoms with Crippen molar-refractivity contribution in [3.63, 3.8) is 0 Å². The van der Waals surface area contributed by atoms with Crippen LogP contribution >= 0.6 is 11.6 Å². The Morgan fingerprint density at radius 3 is 2.69 bits per heavy atom. The van der Waals surface area contributed by atoms with Gasteiger partial charge in [0.15, 0.2) is 0 Å². The Kier molecular flexibility index (Phi) is 3.24. The molecule has 0 spiro atoms. The second-order valence-corrected chi connectivity index (χ2v) is 3.47. The molecule has 0 bridgehead atoms. The van der Waals surface area contributed by atoms with E-state index in [0.29, 0.717) is 0 Å². The number of methoxy groups -OCH3 is 1. The highest BCUT2D eigenvalue weighted by Crippen LogP contribution is 2.28. The van der Waals surface area contributed by atoms with Crippen LogP contribution < -0.4 is 4.74 Å². The van der Waals surface area contributed by atoms with Crippen molar-refractivity contribution in [2.24, 2.45) is 0 Å². The molecule has 0 N–H and O–H groups in total. The van der Waals surface area contributed by atoms with Crippen molar-refractivity contribution in [1.29, 1.82) is 0 Å². The first-order chi connectivity index (χ1) is 6.06. The summed E-state index contributed by atoms with van der Waals surface area (Å²) in [6.45, 7) is 0. The fourth-order valence-electron chi connectivity index (χ4n) is 0.795. The lowest BCUT2D eigenvalue weighted by Gasteiger charge is -2.09. The summed E-state index contributed by atoms with van der Waals surface area (Å²) in [5.41, 5.74) is 0. The van der Waals surface area contributed by atoms with Gasteiger partial charge in [-0.2, -0.15) is 0 Å². The first-order valence-corrected chi connectivity index (χ1v) is 4.64. The van der Waals surface area contributed by atoms with E-state index in [-0.39, 0.29) is 10.8 Å². The maximum absolute atomic E-state index is 12.9. The van der Waals surface area contributed by atoms with Gasteiger partial charge in [-0.1, -0.05) is 11.6 Å². The minimum Gasteiger partial charge on any atom is -0.768 e. The lowest BCUT2D eigenvalue weighted by molar-refractivity contribution is 0.411. The van der Waals surface area contributed by atoms with E-state index in [1.165, 1.54) is 7.11 Å². The standard InChI is InChI=1S/C7H6ClFO3S/c1-12-6-3-7(13(10)11)5(9)2-4(6)8/h2-3H,1H3,(H,10,11)/p-1. The molecule has 0 saturated carbocycles. The summed E-state index contributed by atoms with van der Waals surface area (Å²) in [5.74, 6) is -0.763. The summed E-state index contributed by atoms with van der Waals surface area (Å²) in [5, 5.41) is 0.0363. The molecule has 1 rings (SSSR count). The first-order valence-electron chi connectivity index (χ1n) is 3.18. The number of ether oxygens (including phenoxy) is 1. The summed E-state index contributed by atoms with van der Waals surface area (Å²) >= 11 is 2.92. The van der Waals surface area contributed by atoms with Crippen molar-refractivity contribution < 1.29 is 17.9 Å². The highest BCUT2D eigenvalue weighted by molar-refractivity contribution is 7.79. The maximum Gasteiger partial charge on any atom is 0.139 e. The Hall–Kier alpha value is -0.650.